The summed E-state index contributed by atoms with van der Waals surface area (Å²) in [5, 5.41) is 26.2. The van der Waals surface area contributed by atoms with Gasteiger partial charge < -0.3 is 45.6 Å². The molecule has 6 aromatic rings. The molecule has 0 atom stereocenters. The third-order valence-electron chi connectivity index (χ3n) is 17.0. The molecule has 3 amide bonds. The molecule has 8 heterocycles. The highest BCUT2D eigenvalue weighted by Crippen LogP contribution is 2.49. The number of aromatic carboxylic acids is 1. The molecule has 0 spiro atoms. The maximum absolute atomic E-state index is 14.0. The van der Waals surface area contributed by atoms with Gasteiger partial charge in [0.1, 0.15) is 53.5 Å². The summed E-state index contributed by atoms with van der Waals surface area (Å²) in [6.07, 6.45) is 13.5. The van der Waals surface area contributed by atoms with Gasteiger partial charge in [0.15, 0.2) is 5.13 Å². The number of carbonyl (C=O) groups excluding carboxylic acids is 3. The zero-order valence-corrected chi connectivity index (χ0v) is 48.8. The van der Waals surface area contributed by atoms with E-state index in [-0.39, 0.29) is 24.0 Å². The Labute approximate surface area is 492 Å². The van der Waals surface area contributed by atoms with Crippen molar-refractivity contribution in [2.75, 3.05) is 99.0 Å². The van der Waals surface area contributed by atoms with Gasteiger partial charge in [-0.2, -0.15) is 0 Å². The molecular weight excluding hydrogens is 1090 g/mol. The van der Waals surface area contributed by atoms with Crippen molar-refractivity contribution in [1.29, 1.82) is 0 Å². The number of rotatable bonds is 17. The molecule has 6 aliphatic rings. The number of hydrogen-bond acceptors (Lipinski definition) is 14. The number of carbonyl (C=O) groups is 4. The minimum Gasteiger partial charge on any atom is -0.478 e. The summed E-state index contributed by atoms with van der Waals surface area (Å²) in [4.78, 5) is 74.1. The second-order valence-corrected chi connectivity index (χ2v) is 24.0. The fourth-order valence-corrected chi connectivity index (χ4v) is 13.9. The Balaban J connectivity index is 0.623. The topological polar surface area (TPSA) is 206 Å². The maximum Gasteiger partial charge on any atom is 0.407 e. The second kappa shape index (κ2) is 24.7. The predicted octanol–water partition coefficient (Wildman–Crippen LogP) is 8.56. The van der Waals surface area contributed by atoms with Gasteiger partial charge in [-0.3, -0.25) is 14.5 Å². The van der Waals surface area contributed by atoms with E-state index in [2.05, 4.69) is 62.6 Å². The number of nitrogens with zero attached hydrogens (tertiary/aromatic N) is 7. The molecule has 0 bridgehead atoms. The lowest BCUT2D eigenvalue weighted by Gasteiger charge is -2.35. The third-order valence-corrected chi connectivity index (χ3v) is 18.2. The maximum atomic E-state index is 14.0. The first-order valence-electron chi connectivity index (χ1n) is 29.6. The number of hydrogen-bond donors (Lipinski definition) is 5. The van der Waals surface area contributed by atoms with Crippen LogP contribution in [0, 0.1) is 13.8 Å². The van der Waals surface area contributed by atoms with Crippen molar-refractivity contribution >= 4 is 80.5 Å². The number of thiazole rings is 1. The highest BCUT2D eigenvalue weighted by molar-refractivity contribution is 7.17. The highest BCUT2D eigenvalue weighted by atomic mass is 35.5. The number of aryl methyl sites for hydroxylation is 4. The van der Waals surface area contributed by atoms with E-state index in [1.807, 2.05) is 32.0 Å². The Morgan fingerprint density at radius 1 is 0.771 bits per heavy atom. The lowest BCUT2D eigenvalue weighted by Crippen LogP contribution is -2.47. The summed E-state index contributed by atoms with van der Waals surface area (Å²) in [5.41, 5.74) is 10.7. The zero-order valence-electron chi connectivity index (χ0n) is 47.3. The van der Waals surface area contributed by atoms with Gasteiger partial charge >= 0.3 is 12.1 Å². The van der Waals surface area contributed by atoms with Crippen LogP contribution in [0.1, 0.15) is 133 Å². The smallest absolute Gasteiger partial charge is 0.407 e. The Hall–Kier alpha value is -7.61. The Morgan fingerprint density at radius 2 is 1.57 bits per heavy atom. The van der Waals surface area contributed by atoms with E-state index < -0.39 is 12.1 Å². The average Bonchev–Trinajstić information content (AvgIpc) is 1.69. The largest absolute Gasteiger partial charge is 0.478 e. The van der Waals surface area contributed by atoms with Gasteiger partial charge in [-0.15, -0.1) is 0 Å². The summed E-state index contributed by atoms with van der Waals surface area (Å²) in [5.74, 6) is 2.06. The number of unbranched alkanes of at least 4 members (excludes halogenated alkanes) is 2. The fourth-order valence-electron chi connectivity index (χ4n) is 12.9. The van der Waals surface area contributed by atoms with Crippen molar-refractivity contribution in [3.63, 3.8) is 0 Å². The first kappa shape index (κ1) is 55.9. The van der Waals surface area contributed by atoms with Gasteiger partial charge in [-0.05, 0) is 138 Å². The van der Waals surface area contributed by atoms with Gasteiger partial charge in [0, 0.05) is 117 Å². The number of ether oxygens (including phenoxy) is 2. The van der Waals surface area contributed by atoms with Gasteiger partial charge in [0.25, 0.3) is 11.8 Å². The van der Waals surface area contributed by atoms with E-state index in [1.165, 1.54) is 50.8 Å². The zero-order chi connectivity index (χ0) is 57.1. The van der Waals surface area contributed by atoms with Crippen LogP contribution >= 0.6 is 22.9 Å². The Morgan fingerprint density at radius 3 is 2.41 bits per heavy atom. The number of halogens is 1. The molecule has 4 aromatic carbocycles. The lowest BCUT2D eigenvalue weighted by molar-refractivity contribution is 0.0695. The van der Waals surface area contributed by atoms with E-state index >= 15 is 0 Å². The van der Waals surface area contributed by atoms with E-state index in [0.717, 1.165) is 162 Å². The molecule has 20 heteroatoms. The van der Waals surface area contributed by atoms with E-state index in [4.69, 9.17) is 26.1 Å². The van der Waals surface area contributed by atoms with Crippen molar-refractivity contribution in [3.05, 3.63) is 137 Å². The molecule has 0 unspecified atom stereocenters. The van der Waals surface area contributed by atoms with Crippen LogP contribution in [0.2, 0.25) is 5.02 Å². The highest BCUT2D eigenvalue weighted by Gasteiger charge is 2.36. The number of para-hydroxylation sites is 1. The van der Waals surface area contributed by atoms with Crippen LogP contribution in [0.15, 0.2) is 60.8 Å². The number of carboxylic acid groups (broad SMARTS) is 1. The summed E-state index contributed by atoms with van der Waals surface area (Å²) in [6.45, 7) is 12.5. The molecule has 5 N–H and O–H groups in total. The predicted molar refractivity (Wildman–Crippen MR) is 323 cm³/mol. The number of anilines is 5. The molecule has 0 radical (unpaired) electrons. The van der Waals surface area contributed by atoms with Gasteiger partial charge in [-0.1, -0.05) is 35.1 Å². The molecule has 432 valence electrons. The molecule has 18 nitrogen and oxygen atoms in total. The number of carboxylic acids is 1. The summed E-state index contributed by atoms with van der Waals surface area (Å²) in [7, 11) is 0. The van der Waals surface area contributed by atoms with Crippen molar-refractivity contribution in [2.24, 2.45) is 0 Å². The van der Waals surface area contributed by atoms with Crippen molar-refractivity contribution < 1.29 is 33.8 Å². The Kier molecular flexibility index (Phi) is 16.6. The van der Waals surface area contributed by atoms with E-state index in [9.17, 15) is 24.3 Å². The lowest BCUT2D eigenvalue weighted by atomic mass is 9.82. The number of amides is 3. The second-order valence-electron chi connectivity index (χ2n) is 22.5. The van der Waals surface area contributed by atoms with Crippen LogP contribution in [0.3, 0.4) is 0 Å². The van der Waals surface area contributed by atoms with Crippen LogP contribution in [0.4, 0.5) is 32.9 Å². The van der Waals surface area contributed by atoms with Crippen molar-refractivity contribution in [1.82, 2.24) is 35.1 Å². The van der Waals surface area contributed by atoms with Crippen LogP contribution < -0.4 is 51.0 Å². The van der Waals surface area contributed by atoms with Crippen LogP contribution in [0.25, 0.3) is 5.57 Å². The van der Waals surface area contributed by atoms with Gasteiger partial charge in [0.2, 0.25) is 5.36 Å². The Bertz CT molecular complexity index is 3650. The molecule has 12 rings (SSSR count). The summed E-state index contributed by atoms with van der Waals surface area (Å²) in [6, 6.07) is 16.9. The summed E-state index contributed by atoms with van der Waals surface area (Å²) >= 11 is 7.54. The minimum atomic E-state index is -1.04. The SMILES string of the molecule is Cc1nc(Nc2ncc(C(=O)Nc3c(C)cccc3Cl)s2)cc(N2CCN(CCOC(=O)NCCCCCNC(=O)c3ccc(C(=O)O)c(C4=c5cc6c7c(c5Oc5c4cc4c8c5CCCN8CCCC4)CCC[N+]=7CCCC6)c3)CC2)n1. The number of fused-ring (bicyclic) bond motifs is 4. The fraction of sp³-hybridized carbons (Fsp3) is 0.429. The summed E-state index contributed by atoms with van der Waals surface area (Å²) < 4.78 is 15.4. The molecular formula is C63H71ClN11O7S+. The van der Waals surface area contributed by atoms with Crippen LogP contribution in [0.5, 0.6) is 11.5 Å². The quantitative estimate of drug-likeness (QED) is 0.0428. The number of piperazine rings is 1. The molecule has 2 aromatic heterocycles. The van der Waals surface area contributed by atoms with E-state index in [0.29, 0.717) is 76.0 Å². The van der Waals surface area contributed by atoms with Crippen LogP contribution in [-0.2, 0) is 30.4 Å². The van der Waals surface area contributed by atoms with Gasteiger partial charge in [0.05, 0.1) is 28.0 Å². The van der Waals surface area contributed by atoms with Crippen molar-refractivity contribution in [3.8, 4) is 11.5 Å². The third kappa shape index (κ3) is 12.0. The standard InChI is InChI=1S/C63H70ClN11O7S/c1-38-13-10-18-49(64)54(38)71-60(77)50-37-67-62(83-50)70-51-36-52(69-39(2)68-51)73-29-27-72(28-30-73)31-32-81-63(80)66-22-7-3-6-21-65-59(76)42-19-20-43(61(78)79)46(35-42)53-47-33-40-14-4-8-23-74-25-11-16-44(55(40)74)57(47)82-58-45-17-12-26-75-24-9-5-15-41(56(45)75)34-48(53)58/h10,13,18-20,33-37H,3-9,11-12,14-17,21-32H2,1-2H3,(H4-,65,66,67,68,69,70,71,76,77,78,79,80)/p+1. The molecule has 1 saturated heterocycles. The molecule has 6 aliphatic heterocycles. The number of benzene rings is 4. The number of alkyl carbamates (subject to hydrolysis) is 1. The van der Waals surface area contributed by atoms with Gasteiger partial charge in [-0.25, -0.2) is 29.1 Å². The molecule has 0 saturated carbocycles. The first-order valence-corrected chi connectivity index (χ1v) is 30.8. The number of aromatic nitrogens is 3. The minimum absolute atomic E-state index is 0.161. The average molecular weight is 1160 g/mol. The normalized spacial score (nSPS) is 16.3. The van der Waals surface area contributed by atoms with Crippen LogP contribution in [-0.4, -0.2) is 127 Å². The van der Waals surface area contributed by atoms with Crippen molar-refractivity contribution in [2.45, 2.75) is 97.3 Å². The first-order chi connectivity index (χ1) is 40.4. The monoisotopic (exact) mass is 1160 g/mol. The molecule has 0 aliphatic carbocycles. The van der Waals surface area contributed by atoms with E-state index in [1.54, 1.807) is 24.3 Å². The molecule has 1 fully saturated rings. The number of nitrogens with one attached hydrogen (secondary N) is 4. The molecule has 83 heavy (non-hydrogen) atoms.